The molecule has 0 saturated heterocycles. The highest BCUT2D eigenvalue weighted by Crippen LogP contribution is 2.18. The molecule has 160 valence electrons. The van der Waals surface area contributed by atoms with E-state index in [0.29, 0.717) is 5.56 Å². The van der Waals surface area contributed by atoms with Crippen LogP contribution in [0.25, 0.3) is 0 Å². The van der Waals surface area contributed by atoms with Crippen LogP contribution in [0.3, 0.4) is 0 Å². The maximum atomic E-state index is 12.6. The third-order valence-corrected chi connectivity index (χ3v) is 4.92. The number of ether oxygens (including phenoxy) is 1. The lowest BCUT2D eigenvalue weighted by Crippen LogP contribution is -2.38. The Morgan fingerprint density at radius 3 is 2.19 bits per heavy atom. The molecule has 2 aromatic carbocycles. The summed E-state index contributed by atoms with van der Waals surface area (Å²) < 4.78 is 7.52. The fourth-order valence-electron chi connectivity index (χ4n) is 3.07. The number of benzene rings is 2. The number of carbonyl (C=O) groups excluding carboxylic acids is 2. The van der Waals surface area contributed by atoms with E-state index >= 15 is 0 Å². The van der Waals surface area contributed by atoms with Crippen molar-refractivity contribution in [2.75, 3.05) is 0 Å². The zero-order valence-corrected chi connectivity index (χ0v) is 17.3. The Bertz CT molecular complexity index is 1180. The summed E-state index contributed by atoms with van der Waals surface area (Å²) >= 11 is 0. The molecule has 1 N–H and O–H groups in total. The lowest BCUT2D eigenvalue weighted by molar-refractivity contribution is -0.145. The summed E-state index contributed by atoms with van der Waals surface area (Å²) in [4.78, 5) is 49.0. The molecule has 3 aromatic rings. The van der Waals surface area contributed by atoms with Crippen LogP contribution in [0, 0.1) is 0 Å². The van der Waals surface area contributed by atoms with Gasteiger partial charge in [-0.15, -0.1) is 0 Å². The summed E-state index contributed by atoms with van der Waals surface area (Å²) in [7, 11) is 2.87. The van der Waals surface area contributed by atoms with Crippen molar-refractivity contribution in [2.45, 2.75) is 19.1 Å². The van der Waals surface area contributed by atoms with Gasteiger partial charge in [0.05, 0.1) is 18.2 Å². The zero-order chi connectivity index (χ0) is 22.4. The average Bonchev–Trinajstić information content (AvgIpc) is 2.79. The predicted molar refractivity (Wildman–Crippen MR) is 114 cm³/mol. The monoisotopic (exact) mass is 421 g/mol. The number of rotatable bonds is 7. The number of hydrogen-bond donors (Lipinski definition) is 1. The molecule has 0 aliphatic rings. The molecule has 8 nitrogen and oxygen atoms in total. The molecule has 1 unspecified atom stereocenters. The first kappa shape index (κ1) is 21.8. The number of hydrogen-bond acceptors (Lipinski definition) is 5. The molecule has 1 atom stereocenters. The highest BCUT2D eigenvalue weighted by atomic mass is 16.5. The summed E-state index contributed by atoms with van der Waals surface area (Å²) in [5.74, 6) is -0.883. The summed E-state index contributed by atoms with van der Waals surface area (Å²) in [6, 6.07) is 18.5. The molecule has 0 fully saturated rings. The van der Waals surface area contributed by atoms with E-state index in [2.05, 4.69) is 5.32 Å². The fourth-order valence-corrected chi connectivity index (χ4v) is 3.07. The van der Waals surface area contributed by atoms with Crippen molar-refractivity contribution in [2.24, 2.45) is 14.1 Å². The van der Waals surface area contributed by atoms with E-state index in [9.17, 15) is 19.2 Å². The fraction of sp³-hybridized carbons (Fsp3) is 0.217. The van der Waals surface area contributed by atoms with Gasteiger partial charge in [-0.05, 0) is 17.7 Å². The second-order valence-corrected chi connectivity index (χ2v) is 7.04. The van der Waals surface area contributed by atoms with E-state index in [4.69, 9.17) is 4.74 Å². The lowest BCUT2D eigenvalue weighted by atomic mass is 10.0. The summed E-state index contributed by atoms with van der Waals surface area (Å²) in [6.07, 6.45) is -0.110. The van der Waals surface area contributed by atoms with Gasteiger partial charge in [0.15, 0.2) is 0 Å². The molecule has 3 rings (SSSR count). The first-order valence-electron chi connectivity index (χ1n) is 9.69. The van der Waals surface area contributed by atoms with Crippen LogP contribution in [-0.4, -0.2) is 21.0 Å². The first-order valence-corrected chi connectivity index (χ1v) is 9.69. The Balaban J connectivity index is 1.72. The van der Waals surface area contributed by atoms with Crippen molar-refractivity contribution in [3.63, 3.8) is 0 Å². The number of nitrogens with zero attached hydrogens (tertiary/aromatic N) is 2. The number of aromatic nitrogens is 2. The standard InChI is InChI=1S/C23H23N3O5/c1-25-18(13-20(27)26(2)23(25)30)15-31-21(28)14-19(16-9-5-3-6-10-16)24-22(29)17-11-7-4-8-12-17/h3-13,19H,14-15H2,1-2H3,(H,24,29). The largest absolute Gasteiger partial charge is 0.459 e. The Morgan fingerprint density at radius 2 is 1.55 bits per heavy atom. The Labute approximate surface area is 178 Å². The minimum atomic E-state index is -0.603. The number of carbonyl (C=O) groups is 2. The minimum absolute atomic E-state index is 0.110. The number of amides is 1. The van der Waals surface area contributed by atoms with E-state index in [1.165, 1.54) is 24.7 Å². The van der Waals surface area contributed by atoms with Crippen LogP contribution in [0.2, 0.25) is 0 Å². The molecule has 1 amide bonds. The van der Waals surface area contributed by atoms with Gasteiger partial charge >= 0.3 is 11.7 Å². The van der Waals surface area contributed by atoms with Gasteiger partial charge in [0.1, 0.15) is 6.61 Å². The quantitative estimate of drug-likeness (QED) is 0.586. The molecule has 1 aromatic heterocycles. The topological polar surface area (TPSA) is 99.4 Å². The normalized spacial score (nSPS) is 11.5. The van der Waals surface area contributed by atoms with Crippen LogP contribution in [0.4, 0.5) is 0 Å². The molecule has 0 aliphatic heterocycles. The van der Waals surface area contributed by atoms with Crippen LogP contribution < -0.4 is 16.6 Å². The van der Waals surface area contributed by atoms with Crippen LogP contribution in [0.5, 0.6) is 0 Å². The third kappa shape index (κ3) is 5.36. The lowest BCUT2D eigenvalue weighted by Gasteiger charge is -2.19. The van der Waals surface area contributed by atoms with Crippen molar-refractivity contribution < 1.29 is 14.3 Å². The Hall–Kier alpha value is -3.94. The van der Waals surface area contributed by atoms with E-state index in [1.54, 1.807) is 24.3 Å². The number of esters is 1. The van der Waals surface area contributed by atoms with Gasteiger partial charge < -0.3 is 10.1 Å². The summed E-state index contributed by atoms with van der Waals surface area (Å²) in [5, 5.41) is 2.87. The zero-order valence-electron chi connectivity index (χ0n) is 17.3. The van der Waals surface area contributed by atoms with Crippen LogP contribution in [0.15, 0.2) is 76.3 Å². The maximum Gasteiger partial charge on any atom is 0.330 e. The third-order valence-electron chi connectivity index (χ3n) is 4.92. The van der Waals surface area contributed by atoms with Crippen LogP contribution in [-0.2, 0) is 30.2 Å². The van der Waals surface area contributed by atoms with E-state index in [1.807, 2.05) is 36.4 Å². The van der Waals surface area contributed by atoms with E-state index in [0.717, 1.165) is 10.1 Å². The van der Waals surface area contributed by atoms with E-state index < -0.39 is 23.3 Å². The van der Waals surface area contributed by atoms with Crippen molar-refractivity contribution in [3.05, 3.63) is 104 Å². The molecule has 0 bridgehead atoms. The second kappa shape index (κ2) is 9.71. The summed E-state index contributed by atoms with van der Waals surface area (Å²) in [5.41, 5.74) is 0.532. The SMILES string of the molecule is Cn1c(COC(=O)CC(NC(=O)c2ccccc2)c2ccccc2)cc(=O)n(C)c1=O. The predicted octanol–water partition coefficient (Wildman–Crippen LogP) is 1.69. The van der Waals surface area contributed by atoms with Crippen molar-refractivity contribution >= 4 is 11.9 Å². The molecule has 0 aliphatic carbocycles. The van der Waals surface area contributed by atoms with Gasteiger partial charge in [-0.1, -0.05) is 48.5 Å². The molecule has 1 heterocycles. The second-order valence-electron chi connectivity index (χ2n) is 7.04. The Kier molecular flexibility index (Phi) is 6.81. The van der Waals surface area contributed by atoms with Crippen molar-refractivity contribution in [1.29, 1.82) is 0 Å². The van der Waals surface area contributed by atoms with Gasteiger partial charge in [-0.2, -0.15) is 0 Å². The van der Waals surface area contributed by atoms with Crippen LogP contribution in [0.1, 0.15) is 34.1 Å². The van der Waals surface area contributed by atoms with E-state index in [-0.39, 0.29) is 24.6 Å². The Morgan fingerprint density at radius 1 is 0.935 bits per heavy atom. The van der Waals surface area contributed by atoms with Gasteiger partial charge in [0.2, 0.25) is 0 Å². The van der Waals surface area contributed by atoms with Crippen molar-refractivity contribution in [3.8, 4) is 0 Å². The smallest absolute Gasteiger partial charge is 0.330 e. The molecule has 0 spiro atoms. The molecule has 8 heteroatoms. The number of nitrogens with one attached hydrogen (secondary N) is 1. The molecule has 0 radical (unpaired) electrons. The first-order chi connectivity index (χ1) is 14.9. The average molecular weight is 421 g/mol. The van der Waals surface area contributed by atoms with Gasteiger partial charge in [-0.3, -0.25) is 23.5 Å². The highest BCUT2D eigenvalue weighted by molar-refractivity contribution is 5.94. The minimum Gasteiger partial charge on any atom is -0.459 e. The van der Waals surface area contributed by atoms with Gasteiger partial charge in [0, 0.05) is 25.7 Å². The van der Waals surface area contributed by atoms with Gasteiger partial charge in [-0.25, -0.2) is 4.79 Å². The molecule has 0 saturated carbocycles. The molecular formula is C23H23N3O5. The molecule has 31 heavy (non-hydrogen) atoms. The van der Waals surface area contributed by atoms with Crippen molar-refractivity contribution in [1.82, 2.24) is 14.5 Å². The highest BCUT2D eigenvalue weighted by Gasteiger charge is 2.20. The van der Waals surface area contributed by atoms with Gasteiger partial charge in [0.25, 0.3) is 11.5 Å². The summed E-state index contributed by atoms with van der Waals surface area (Å²) in [6.45, 7) is -0.227. The van der Waals surface area contributed by atoms with Crippen LogP contribution >= 0.6 is 0 Å². The maximum absolute atomic E-state index is 12.6. The molecular weight excluding hydrogens is 398 g/mol.